The van der Waals surface area contributed by atoms with Gasteiger partial charge in [-0.3, -0.25) is 10.1 Å². The molecule has 0 spiro atoms. The number of hydrogen-bond donors (Lipinski definition) is 0. The highest BCUT2D eigenvalue weighted by Gasteiger charge is 2.33. The first kappa shape index (κ1) is 15.2. The zero-order valence-corrected chi connectivity index (χ0v) is 9.72. The Morgan fingerprint density at radius 1 is 1.45 bits per heavy atom. The first-order valence-corrected chi connectivity index (χ1v) is 4.76. The Labute approximate surface area is 109 Å². The van der Waals surface area contributed by atoms with Crippen LogP contribution < -0.4 is 4.74 Å². The van der Waals surface area contributed by atoms with Gasteiger partial charge in [-0.1, -0.05) is 0 Å². The Morgan fingerprint density at radius 3 is 2.45 bits per heavy atom. The maximum atomic E-state index is 12.1. The van der Waals surface area contributed by atoms with E-state index >= 15 is 0 Å². The van der Waals surface area contributed by atoms with E-state index in [0.717, 1.165) is 7.11 Å². The molecular formula is C10H5F3N2O5. The van der Waals surface area contributed by atoms with E-state index < -0.39 is 39.8 Å². The van der Waals surface area contributed by atoms with Gasteiger partial charge < -0.3 is 9.47 Å². The molecule has 0 N–H and O–H groups in total. The van der Waals surface area contributed by atoms with E-state index in [0.29, 0.717) is 12.1 Å². The van der Waals surface area contributed by atoms with Crippen molar-refractivity contribution in [3.05, 3.63) is 33.4 Å². The highest BCUT2D eigenvalue weighted by Crippen LogP contribution is 2.31. The summed E-state index contributed by atoms with van der Waals surface area (Å²) in [6, 6.07) is 2.32. The number of rotatable bonds is 3. The molecule has 0 aromatic heterocycles. The molecule has 0 aliphatic heterocycles. The van der Waals surface area contributed by atoms with Gasteiger partial charge >= 0.3 is 12.3 Å². The van der Waals surface area contributed by atoms with Crippen LogP contribution in [0.25, 0.3) is 0 Å². The van der Waals surface area contributed by atoms with E-state index in [9.17, 15) is 28.1 Å². The molecule has 0 fully saturated rings. The van der Waals surface area contributed by atoms with Gasteiger partial charge in [0.05, 0.1) is 23.7 Å². The fourth-order valence-electron chi connectivity index (χ4n) is 1.33. The van der Waals surface area contributed by atoms with Crippen molar-refractivity contribution < 1.29 is 32.4 Å². The highest BCUT2D eigenvalue weighted by molar-refractivity contribution is 5.94. The lowest BCUT2D eigenvalue weighted by molar-refractivity contribution is -0.385. The third-order valence-electron chi connectivity index (χ3n) is 2.04. The molecule has 10 heteroatoms. The van der Waals surface area contributed by atoms with E-state index in [4.69, 9.17) is 5.26 Å². The summed E-state index contributed by atoms with van der Waals surface area (Å²) in [7, 11) is 0.909. The summed E-state index contributed by atoms with van der Waals surface area (Å²) in [5.41, 5.74) is -2.39. The summed E-state index contributed by atoms with van der Waals surface area (Å²) < 4.78 is 44.0. The monoisotopic (exact) mass is 290 g/mol. The van der Waals surface area contributed by atoms with E-state index in [-0.39, 0.29) is 0 Å². The maximum absolute atomic E-state index is 12.1. The number of halogens is 3. The zero-order chi connectivity index (χ0) is 15.5. The quantitative estimate of drug-likeness (QED) is 0.480. The summed E-state index contributed by atoms with van der Waals surface area (Å²) in [4.78, 5) is 21.0. The zero-order valence-electron chi connectivity index (χ0n) is 9.72. The van der Waals surface area contributed by atoms with Gasteiger partial charge in [-0.2, -0.15) is 5.26 Å². The molecule has 1 rings (SSSR count). The lowest BCUT2D eigenvalue weighted by atomic mass is 10.1. The van der Waals surface area contributed by atoms with E-state index in [2.05, 4.69) is 9.47 Å². The number of nitro benzene ring substituents is 1. The predicted molar refractivity (Wildman–Crippen MR) is 55.8 cm³/mol. The Hall–Kier alpha value is -2.83. The van der Waals surface area contributed by atoms with Gasteiger partial charge in [0, 0.05) is 0 Å². The standard InChI is InChI=1S/C10H5F3N2O5/c1-19-9(16)6-2-5(20-10(11,12)13)3-8(15(17)18)7(6)4-14/h2-3H,1H3. The molecule has 0 amide bonds. The number of nitriles is 1. The van der Waals surface area contributed by atoms with Crippen molar-refractivity contribution in [1.82, 2.24) is 0 Å². The molecule has 0 heterocycles. The van der Waals surface area contributed by atoms with Gasteiger partial charge in [-0.05, 0) is 6.07 Å². The molecule has 0 saturated heterocycles. The third-order valence-corrected chi connectivity index (χ3v) is 2.04. The van der Waals surface area contributed by atoms with Gasteiger partial charge in [-0.15, -0.1) is 13.2 Å². The van der Waals surface area contributed by atoms with Crippen LogP contribution in [0.4, 0.5) is 18.9 Å². The second-order valence-electron chi connectivity index (χ2n) is 3.27. The van der Waals surface area contributed by atoms with Crippen molar-refractivity contribution in [3.8, 4) is 11.8 Å². The van der Waals surface area contributed by atoms with Gasteiger partial charge in [0.1, 0.15) is 17.4 Å². The molecule has 20 heavy (non-hydrogen) atoms. The number of methoxy groups -OCH3 is 1. The number of hydrogen-bond acceptors (Lipinski definition) is 6. The predicted octanol–water partition coefficient (Wildman–Crippen LogP) is 2.15. The average Bonchev–Trinajstić information content (AvgIpc) is 2.34. The fourth-order valence-corrected chi connectivity index (χ4v) is 1.33. The number of esters is 1. The highest BCUT2D eigenvalue weighted by atomic mass is 19.4. The van der Waals surface area contributed by atoms with Crippen molar-refractivity contribution >= 4 is 11.7 Å². The number of ether oxygens (including phenoxy) is 2. The van der Waals surface area contributed by atoms with Crippen LogP contribution in [0.15, 0.2) is 12.1 Å². The molecule has 7 nitrogen and oxygen atoms in total. The number of alkyl halides is 3. The van der Waals surface area contributed by atoms with Crippen molar-refractivity contribution in [2.45, 2.75) is 6.36 Å². The number of carbonyl (C=O) groups excluding carboxylic acids is 1. The van der Waals surface area contributed by atoms with E-state index in [1.165, 1.54) is 6.07 Å². The molecule has 0 aliphatic rings. The summed E-state index contributed by atoms with van der Waals surface area (Å²) in [6.45, 7) is 0. The molecule has 1 aromatic carbocycles. The van der Waals surface area contributed by atoms with Crippen LogP contribution in [-0.2, 0) is 4.74 Å². The molecule has 0 saturated carbocycles. The van der Waals surface area contributed by atoms with Gasteiger partial charge in [0.2, 0.25) is 0 Å². The number of nitro groups is 1. The molecule has 0 bridgehead atoms. The van der Waals surface area contributed by atoms with E-state index in [1.54, 1.807) is 0 Å². The lowest BCUT2D eigenvalue weighted by Crippen LogP contribution is -2.18. The van der Waals surface area contributed by atoms with Crippen molar-refractivity contribution in [3.63, 3.8) is 0 Å². The average molecular weight is 290 g/mol. The minimum absolute atomic E-state index is 0.401. The van der Waals surface area contributed by atoms with Crippen LogP contribution in [0.1, 0.15) is 15.9 Å². The van der Waals surface area contributed by atoms with E-state index in [1.807, 2.05) is 0 Å². The Kier molecular flexibility index (Phi) is 4.14. The normalized spacial score (nSPS) is 10.6. The van der Waals surface area contributed by atoms with Crippen LogP contribution in [0.2, 0.25) is 0 Å². The Morgan fingerprint density at radius 2 is 2.05 bits per heavy atom. The molecule has 0 radical (unpaired) electrons. The molecular weight excluding hydrogens is 285 g/mol. The van der Waals surface area contributed by atoms with Gasteiger partial charge in [0.15, 0.2) is 0 Å². The lowest BCUT2D eigenvalue weighted by Gasteiger charge is -2.10. The van der Waals surface area contributed by atoms with Gasteiger partial charge in [0.25, 0.3) is 5.69 Å². The molecule has 0 aliphatic carbocycles. The maximum Gasteiger partial charge on any atom is 0.573 e. The number of carbonyl (C=O) groups is 1. The van der Waals surface area contributed by atoms with Crippen LogP contribution in [0, 0.1) is 21.4 Å². The fraction of sp³-hybridized carbons (Fsp3) is 0.200. The van der Waals surface area contributed by atoms with Crippen molar-refractivity contribution in [2.75, 3.05) is 7.11 Å². The summed E-state index contributed by atoms with van der Waals surface area (Å²) in [5.74, 6) is -2.19. The molecule has 1 aromatic rings. The summed E-state index contributed by atoms with van der Waals surface area (Å²) >= 11 is 0. The van der Waals surface area contributed by atoms with Crippen molar-refractivity contribution in [2.24, 2.45) is 0 Å². The Bertz CT molecular complexity index is 606. The number of nitrogens with zero attached hydrogens (tertiary/aromatic N) is 2. The molecule has 0 atom stereocenters. The van der Waals surface area contributed by atoms with Crippen LogP contribution in [-0.4, -0.2) is 24.4 Å². The Balaban J connectivity index is 3.53. The topological polar surface area (TPSA) is 102 Å². The van der Waals surface area contributed by atoms with Crippen LogP contribution in [0.5, 0.6) is 5.75 Å². The van der Waals surface area contributed by atoms with Crippen LogP contribution >= 0.6 is 0 Å². The SMILES string of the molecule is COC(=O)c1cc(OC(F)(F)F)cc([N+](=O)[O-])c1C#N. The summed E-state index contributed by atoms with van der Waals surface area (Å²) in [6.07, 6.45) is -5.10. The first-order chi connectivity index (χ1) is 9.19. The van der Waals surface area contributed by atoms with Crippen LogP contribution in [0.3, 0.4) is 0 Å². The molecule has 0 unspecified atom stereocenters. The number of benzene rings is 1. The first-order valence-electron chi connectivity index (χ1n) is 4.76. The molecule has 106 valence electrons. The third kappa shape index (κ3) is 3.35. The van der Waals surface area contributed by atoms with Gasteiger partial charge in [-0.25, -0.2) is 4.79 Å². The second kappa shape index (κ2) is 5.43. The second-order valence-corrected chi connectivity index (χ2v) is 3.27. The largest absolute Gasteiger partial charge is 0.573 e. The smallest absolute Gasteiger partial charge is 0.465 e. The minimum Gasteiger partial charge on any atom is -0.465 e. The summed E-state index contributed by atoms with van der Waals surface area (Å²) in [5, 5.41) is 19.5. The van der Waals surface area contributed by atoms with Crippen molar-refractivity contribution in [1.29, 1.82) is 5.26 Å². The minimum atomic E-state index is -5.10.